The number of imide groups is 1. The van der Waals surface area contributed by atoms with E-state index in [1.807, 2.05) is 0 Å². The van der Waals surface area contributed by atoms with Crippen LogP contribution in [-0.4, -0.2) is 51.6 Å². The SMILES string of the molecule is C=CC[C@@]1(NC(=O)OC(C)(C)C)C(=O)[C@@H](C(C)C)N(C(=O)OC(C)(C)C)C1=O. The van der Waals surface area contributed by atoms with E-state index in [0.29, 0.717) is 0 Å². The molecule has 0 aromatic carbocycles. The zero-order valence-corrected chi connectivity index (χ0v) is 18.0. The van der Waals surface area contributed by atoms with E-state index in [-0.39, 0.29) is 12.3 Å². The maximum absolute atomic E-state index is 13.3. The summed E-state index contributed by atoms with van der Waals surface area (Å²) in [4.78, 5) is 52.4. The fraction of sp³-hybridized carbons (Fsp3) is 0.700. The van der Waals surface area contributed by atoms with Crippen molar-refractivity contribution in [3.05, 3.63) is 12.7 Å². The monoisotopic (exact) mass is 396 g/mol. The molecule has 1 saturated heterocycles. The van der Waals surface area contributed by atoms with Crippen LogP contribution in [0.3, 0.4) is 0 Å². The lowest BCUT2D eigenvalue weighted by molar-refractivity contribution is -0.134. The zero-order valence-electron chi connectivity index (χ0n) is 18.0. The molecule has 0 bridgehead atoms. The summed E-state index contributed by atoms with van der Waals surface area (Å²) in [6, 6.07) is -1.07. The van der Waals surface area contributed by atoms with Crippen LogP contribution in [0, 0.1) is 5.92 Å². The number of carbonyl (C=O) groups excluding carboxylic acids is 4. The molecule has 28 heavy (non-hydrogen) atoms. The summed E-state index contributed by atoms with van der Waals surface area (Å²) in [6.45, 7) is 17.0. The highest BCUT2D eigenvalue weighted by molar-refractivity contribution is 6.24. The molecule has 1 rings (SSSR count). The average molecular weight is 396 g/mol. The van der Waals surface area contributed by atoms with E-state index in [1.165, 1.54) is 6.08 Å². The van der Waals surface area contributed by atoms with E-state index < -0.39 is 46.7 Å². The minimum absolute atomic E-state index is 0.174. The molecule has 1 aliphatic rings. The number of carbonyl (C=O) groups is 4. The summed E-state index contributed by atoms with van der Waals surface area (Å²) < 4.78 is 10.5. The third-order valence-corrected chi connectivity index (χ3v) is 3.94. The van der Waals surface area contributed by atoms with Gasteiger partial charge in [-0.15, -0.1) is 6.58 Å². The summed E-state index contributed by atoms with van der Waals surface area (Å²) in [5.41, 5.74) is -3.65. The summed E-state index contributed by atoms with van der Waals surface area (Å²) >= 11 is 0. The number of Topliss-reactive ketones (excluding diaryl/α,β-unsaturated/α-hetero) is 1. The number of nitrogens with one attached hydrogen (secondary N) is 1. The Morgan fingerprint density at radius 3 is 2.04 bits per heavy atom. The minimum atomic E-state index is -1.96. The van der Waals surface area contributed by atoms with Crippen molar-refractivity contribution in [2.45, 2.75) is 84.6 Å². The van der Waals surface area contributed by atoms with Gasteiger partial charge in [0.25, 0.3) is 5.91 Å². The van der Waals surface area contributed by atoms with Crippen LogP contribution in [0.5, 0.6) is 0 Å². The van der Waals surface area contributed by atoms with E-state index in [1.54, 1.807) is 55.4 Å². The van der Waals surface area contributed by atoms with Gasteiger partial charge >= 0.3 is 12.2 Å². The van der Waals surface area contributed by atoms with Gasteiger partial charge in [-0.25, -0.2) is 14.5 Å². The number of likely N-dealkylation sites (tertiary alicyclic amines) is 1. The van der Waals surface area contributed by atoms with Crippen molar-refractivity contribution in [1.82, 2.24) is 10.2 Å². The zero-order chi connectivity index (χ0) is 22.1. The Kier molecular flexibility index (Phi) is 6.70. The summed E-state index contributed by atoms with van der Waals surface area (Å²) in [5.74, 6) is -1.82. The van der Waals surface area contributed by atoms with Gasteiger partial charge < -0.3 is 9.47 Å². The predicted molar refractivity (Wildman–Crippen MR) is 104 cm³/mol. The van der Waals surface area contributed by atoms with E-state index in [9.17, 15) is 19.2 Å². The van der Waals surface area contributed by atoms with Gasteiger partial charge in [0, 0.05) is 6.42 Å². The molecular weight excluding hydrogens is 364 g/mol. The van der Waals surface area contributed by atoms with Crippen molar-refractivity contribution in [2.24, 2.45) is 5.92 Å². The smallest absolute Gasteiger partial charge is 0.417 e. The highest BCUT2D eigenvalue weighted by Gasteiger charge is 2.63. The van der Waals surface area contributed by atoms with Crippen molar-refractivity contribution in [3.8, 4) is 0 Å². The number of ketones is 1. The van der Waals surface area contributed by atoms with Crippen molar-refractivity contribution < 1.29 is 28.7 Å². The molecule has 0 spiro atoms. The highest BCUT2D eigenvalue weighted by atomic mass is 16.6. The van der Waals surface area contributed by atoms with Crippen molar-refractivity contribution in [2.75, 3.05) is 0 Å². The number of nitrogens with zero attached hydrogens (tertiary/aromatic N) is 1. The van der Waals surface area contributed by atoms with Gasteiger partial charge in [0.05, 0.1) is 0 Å². The van der Waals surface area contributed by atoms with Gasteiger partial charge in [-0.05, 0) is 47.5 Å². The lowest BCUT2D eigenvalue weighted by atomic mass is 9.87. The normalized spacial score (nSPS) is 23.0. The highest BCUT2D eigenvalue weighted by Crippen LogP contribution is 2.34. The maximum atomic E-state index is 13.3. The third kappa shape index (κ3) is 5.11. The van der Waals surface area contributed by atoms with Gasteiger partial charge in [0.1, 0.15) is 17.2 Å². The predicted octanol–water partition coefficient (Wildman–Crippen LogP) is 3.20. The number of hydrogen-bond acceptors (Lipinski definition) is 6. The summed E-state index contributed by atoms with van der Waals surface area (Å²) in [6.07, 6.45) is -0.679. The molecule has 0 aromatic heterocycles. The van der Waals surface area contributed by atoms with Crippen LogP contribution in [0.25, 0.3) is 0 Å². The first-order valence-corrected chi connectivity index (χ1v) is 9.29. The van der Waals surface area contributed by atoms with Crippen LogP contribution in [0.4, 0.5) is 9.59 Å². The molecule has 1 fully saturated rings. The van der Waals surface area contributed by atoms with Gasteiger partial charge in [-0.2, -0.15) is 0 Å². The molecule has 8 nitrogen and oxygen atoms in total. The summed E-state index contributed by atoms with van der Waals surface area (Å²) in [5, 5.41) is 2.40. The molecule has 8 heteroatoms. The number of hydrogen-bond donors (Lipinski definition) is 1. The van der Waals surface area contributed by atoms with Crippen molar-refractivity contribution >= 4 is 23.9 Å². The van der Waals surface area contributed by atoms with E-state index in [2.05, 4.69) is 11.9 Å². The van der Waals surface area contributed by atoms with Crippen LogP contribution in [0.1, 0.15) is 61.8 Å². The Morgan fingerprint density at radius 2 is 1.64 bits per heavy atom. The molecule has 0 aliphatic carbocycles. The number of alkyl carbamates (subject to hydrolysis) is 1. The second-order valence-corrected chi connectivity index (χ2v) is 9.23. The Labute approximate surface area is 166 Å². The number of amides is 3. The third-order valence-electron chi connectivity index (χ3n) is 3.94. The lowest BCUT2D eigenvalue weighted by Gasteiger charge is -2.29. The Balaban J connectivity index is 3.39. The molecule has 0 unspecified atom stereocenters. The van der Waals surface area contributed by atoms with E-state index >= 15 is 0 Å². The molecule has 2 atom stereocenters. The lowest BCUT2D eigenvalue weighted by Crippen LogP contribution is -2.59. The largest absolute Gasteiger partial charge is 0.444 e. The fourth-order valence-corrected chi connectivity index (χ4v) is 2.96. The molecule has 1 aliphatic heterocycles. The molecule has 0 aromatic rings. The average Bonchev–Trinajstić information content (AvgIpc) is 2.66. The molecule has 3 amide bonds. The molecular formula is C20H32N2O6. The second-order valence-electron chi connectivity index (χ2n) is 9.23. The standard InChI is InChI=1S/C20H32N2O6/c1-10-11-20(21-16(25)27-18(4,5)6)14(23)13(12(2)3)22(15(20)24)17(26)28-19(7,8)9/h10,12-13H,1,11H2,2-9H3,(H,21,25)/t13-,20-/m1/s1. The van der Waals surface area contributed by atoms with E-state index in [0.717, 1.165) is 4.90 Å². The van der Waals surface area contributed by atoms with Gasteiger partial charge in [-0.1, -0.05) is 19.9 Å². The van der Waals surface area contributed by atoms with Crippen LogP contribution < -0.4 is 5.32 Å². The van der Waals surface area contributed by atoms with Gasteiger partial charge in [-0.3, -0.25) is 14.9 Å². The quantitative estimate of drug-likeness (QED) is 0.578. The van der Waals surface area contributed by atoms with Crippen LogP contribution >= 0.6 is 0 Å². The van der Waals surface area contributed by atoms with Crippen molar-refractivity contribution in [3.63, 3.8) is 0 Å². The molecule has 0 radical (unpaired) electrons. The van der Waals surface area contributed by atoms with Crippen LogP contribution in [0.15, 0.2) is 12.7 Å². The second kappa shape index (κ2) is 7.93. The number of ether oxygens (including phenoxy) is 2. The molecule has 1 heterocycles. The molecule has 1 N–H and O–H groups in total. The molecule has 0 saturated carbocycles. The summed E-state index contributed by atoms with van der Waals surface area (Å²) in [7, 11) is 0. The Hall–Kier alpha value is -2.38. The number of rotatable bonds is 4. The molecule has 158 valence electrons. The van der Waals surface area contributed by atoms with Gasteiger partial charge in [0.15, 0.2) is 11.3 Å². The fourth-order valence-electron chi connectivity index (χ4n) is 2.96. The van der Waals surface area contributed by atoms with E-state index in [4.69, 9.17) is 9.47 Å². The Morgan fingerprint density at radius 1 is 1.14 bits per heavy atom. The topological polar surface area (TPSA) is 102 Å². The maximum Gasteiger partial charge on any atom is 0.417 e. The van der Waals surface area contributed by atoms with Gasteiger partial charge in [0.2, 0.25) is 0 Å². The first kappa shape index (κ1) is 23.7. The Bertz CT molecular complexity index is 671. The van der Waals surface area contributed by atoms with Crippen LogP contribution in [-0.2, 0) is 19.1 Å². The first-order chi connectivity index (χ1) is 12.6. The van der Waals surface area contributed by atoms with Crippen molar-refractivity contribution in [1.29, 1.82) is 0 Å². The first-order valence-electron chi connectivity index (χ1n) is 9.29. The minimum Gasteiger partial charge on any atom is -0.444 e. The van der Waals surface area contributed by atoms with Crippen LogP contribution in [0.2, 0.25) is 0 Å².